The molecule has 0 radical (unpaired) electrons. The van der Waals surface area contributed by atoms with Crippen LogP contribution < -0.4 is 14.4 Å². The summed E-state index contributed by atoms with van der Waals surface area (Å²) in [6.07, 6.45) is 4.38. The lowest BCUT2D eigenvalue weighted by molar-refractivity contribution is -0.140. The van der Waals surface area contributed by atoms with Crippen LogP contribution >= 0.6 is 0 Å². The van der Waals surface area contributed by atoms with Gasteiger partial charge in [-0.25, -0.2) is 8.42 Å². The highest BCUT2D eigenvalue weighted by atomic mass is 32.2. The molecule has 3 aromatic rings. The predicted molar refractivity (Wildman–Crippen MR) is 160 cm³/mol. The van der Waals surface area contributed by atoms with E-state index in [1.807, 2.05) is 38.1 Å². The molecule has 0 spiro atoms. The van der Waals surface area contributed by atoms with Gasteiger partial charge in [-0.05, 0) is 61.6 Å². The van der Waals surface area contributed by atoms with Gasteiger partial charge in [-0.3, -0.25) is 13.9 Å². The zero-order chi connectivity index (χ0) is 29.4. The van der Waals surface area contributed by atoms with Crippen molar-refractivity contribution < 1.29 is 22.7 Å². The summed E-state index contributed by atoms with van der Waals surface area (Å²) in [7, 11) is -2.63. The van der Waals surface area contributed by atoms with Gasteiger partial charge in [0, 0.05) is 18.7 Å². The van der Waals surface area contributed by atoms with Crippen LogP contribution in [0.4, 0.5) is 5.69 Å². The van der Waals surface area contributed by atoms with E-state index in [2.05, 4.69) is 5.32 Å². The van der Waals surface area contributed by atoms with Crippen LogP contribution in [0.2, 0.25) is 0 Å². The summed E-state index contributed by atoms with van der Waals surface area (Å²) in [5.74, 6) is -0.216. The fourth-order valence-corrected chi connectivity index (χ4v) is 6.70. The molecule has 1 N–H and O–H groups in total. The molecule has 0 aromatic heterocycles. The average molecular weight is 578 g/mol. The quantitative estimate of drug-likeness (QED) is 0.325. The Kier molecular flexibility index (Phi) is 10.0. The SMILES string of the molecule is CC[C@@H](C(=O)NC1CCCC1)N(Cc1ccccc1C)C(=O)CN(c1cccc(OC)c1)S(=O)(=O)c1ccccc1. The Balaban J connectivity index is 1.73. The normalized spacial score (nSPS) is 14.3. The number of carbonyl (C=O) groups excluding carboxylic acids is 2. The molecule has 1 saturated carbocycles. The van der Waals surface area contributed by atoms with Crippen molar-refractivity contribution in [3.63, 3.8) is 0 Å². The van der Waals surface area contributed by atoms with Crippen LogP contribution in [0, 0.1) is 6.92 Å². The first kappa shape index (κ1) is 30.1. The monoisotopic (exact) mass is 577 g/mol. The molecule has 0 unspecified atom stereocenters. The number of hydrogen-bond donors (Lipinski definition) is 1. The molecule has 1 aliphatic carbocycles. The molecule has 41 heavy (non-hydrogen) atoms. The van der Waals surface area contributed by atoms with Gasteiger partial charge < -0.3 is 15.0 Å². The summed E-state index contributed by atoms with van der Waals surface area (Å²) >= 11 is 0. The van der Waals surface area contributed by atoms with Crippen LogP contribution in [0.5, 0.6) is 5.75 Å². The number of rotatable bonds is 12. The Labute approximate surface area is 243 Å². The van der Waals surface area contributed by atoms with Crippen molar-refractivity contribution in [1.29, 1.82) is 0 Å². The van der Waals surface area contributed by atoms with Crippen molar-refractivity contribution >= 4 is 27.5 Å². The molecular weight excluding hydrogens is 538 g/mol. The van der Waals surface area contributed by atoms with Crippen molar-refractivity contribution in [2.45, 2.75) is 69.5 Å². The van der Waals surface area contributed by atoms with Crippen molar-refractivity contribution in [2.75, 3.05) is 18.0 Å². The van der Waals surface area contributed by atoms with Crippen LogP contribution in [0.25, 0.3) is 0 Å². The standard InChI is InChI=1S/C32H39N3O5S/c1-4-30(32(37)33-26-15-10-11-16-26)34(22-25-14-9-8-13-24(25)2)31(36)23-35(27-17-12-18-28(21-27)40-3)41(38,39)29-19-6-5-7-20-29/h5-9,12-14,17-21,26,30H,4,10-11,15-16,22-23H2,1-3H3,(H,33,37)/t30-/m0/s1. The summed E-state index contributed by atoms with van der Waals surface area (Å²) in [4.78, 5) is 29.4. The lowest BCUT2D eigenvalue weighted by atomic mass is 10.1. The highest BCUT2D eigenvalue weighted by molar-refractivity contribution is 7.92. The maximum absolute atomic E-state index is 14.2. The third-order valence-electron chi connectivity index (χ3n) is 7.64. The van der Waals surface area contributed by atoms with E-state index in [1.165, 1.54) is 24.1 Å². The molecule has 3 aromatic carbocycles. The summed E-state index contributed by atoms with van der Waals surface area (Å²) < 4.78 is 34.3. The maximum atomic E-state index is 14.2. The second-order valence-electron chi connectivity index (χ2n) is 10.4. The second-order valence-corrected chi connectivity index (χ2v) is 12.3. The molecule has 1 aliphatic rings. The largest absolute Gasteiger partial charge is 0.497 e. The number of ether oxygens (including phenoxy) is 1. The first-order valence-electron chi connectivity index (χ1n) is 14.1. The fourth-order valence-electron chi connectivity index (χ4n) is 5.27. The Bertz CT molecular complexity index is 1440. The smallest absolute Gasteiger partial charge is 0.264 e. The van der Waals surface area contributed by atoms with Gasteiger partial charge >= 0.3 is 0 Å². The van der Waals surface area contributed by atoms with Gasteiger partial charge in [-0.1, -0.05) is 68.3 Å². The number of benzene rings is 3. The summed E-state index contributed by atoms with van der Waals surface area (Å²) in [5, 5.41) is 3.14. The first-order chi connectivity index (χ1) is 19.7. The number of anilines is 1. The second kappa shape index (κ2) is 13.7. The number of aryl methyl sites for hydroxylation is 1. The van der Waals surface area contributed by atoms with Crippen molar-refractivity contribution in [3.05, 3.63) is 90.0 Å². The Morgan fingerprint density at radius 1 is 0.976 bits per heavy atom. The number of carbonyl (C=O) groups is 2. The number of sulfonamides is 1. The van der Waals surface area contributed by atoms with E-state index >= 15 is 0 Å². The highest BCUT2D eigenvalue weighted by Gasteiger charge is 2.34. The van der Waals surface area contributed by atoms with E-state index in [-0.39, 0.29) is 23.4 Å². The number of amides is 2. The molecule has 0 bridgehead atoms. The summed E-state index contributed by atoms with van der Waals surface area (Å²) in [5.41, 5.74) is 2.17. The number of nitrogens with zero attached hydrogens (tertiary/aromatic N) is 2. The van der Waals surface area contributed by atoms with Gasteiger partial charge in [0.05, 0.1) is 17.7 Å². The van der Waals surface area contributed by atoms with Gasteiger partial charge in [0.15, 0.2) is 0 Å². The zero-order valence-corrected chi connectivity index (χ0v) is 24.8. The van der Waals surface area contributed by atoms with E-state index in [4.69, 9.17) is 4.74 Å². The van der Waals surface area contributed by atoms with Crippen LogP contribution in [-0.2, 0) is 26.2 Å². The number of methoxy groups -OCH3 is 1. The molecule has 0 heterocycles. The topological polar surface area (TPSA) is 96.0 Å². The predicted octanol–water partition coefficient (Wildman–Crippen LogP) is 5.07. The molecule has 2 amide bonds. The molecule has 0 saturated heterocycles. The van der Waals surface area contributed by atoms with Gasteiger partial charge in [-0.2, -0.15) is 0 Å². The maximum Gasteiger partial charge on any atom is 0.264 e. The van der Waals surface area contributed by atoms with Gasteiger partial charge in [-0.15, -0.1) is 0 Å². The Hall–Kier alpha value is -3.85. The van der Waals surface area contributed by atoms with Gasteiger partial charge in [0.25, 0.3) is 10.0 Å². The third kappa shape index (κ3) is 7.27. The van der Waals surface area contributed by atoms with Crippen LogP contribution in [-0.4, -0.2) is 50.9 Å². The lowest BCUT2D eigenvalue weighted by Gasteiger charge is -2.34. The van der Waals surface area contributed by atoms with Crippen molar-refractivity contribution in [1.82, 2.24) is 10.2 Å². The van der Waals surface area contributed by atoms with E-state index in [9.17, 15) is 18.0 Å². The minimum Gasteiger partial charge on any atom is -0.497 e. The summed E-state index contributed by atoms with van der Waals surface area (Å²) in [6.45, 7) is 3.53. The Morgan fingerprint density at radius 2 is 1.66 bits per heavy atom. The van der Waals surface area contributed by atoms with Crippen LogP contribution in [0.15, 0.2) is 83.8 Å². The van der Waals surface area contributed by atoms with E-state index in [0.29, 0.717) is 17.9 Å². The van der Waals surface area contributed by atoms with Crippen molar-refractivity contribution in [3.8, 4) is 5.75 Å². The number of nitrogens with one attached hydrogen (secondary N) is 1. The van der Waals surface area contributed by atoms with Gasteiger partial charge in [0.2, 0.25) is 11.8 Å². The summed E-state index contributed by atoms with van der Waals surface area (Å²) in [6, 6.07) is 21.7. The molecule has 8 nitrogen and oxygen atoms in total. The van der Waals surface area contributed by atoms with E-state index in [1.54, 1.807) is 42.5 Å². The molecule has 1 atom stereocenters. The molecule has 4 rings (SSSR count). The molecule has 1 fully saturated rings. The molecule has 0 aliphatic heterocycles. The highest BCUT2D eigenvalue weighted by Crippen LogP contribution is 2.28. The molecule has 9 heteroatoms. The number of hydrogen-bond acceptors (Lipinski definition) is 5. The van der Waals surface area contributed by atoms with E-state index < -0.39 is 28.5 Å². The minimum atomic E-state index is -4.13. The van der Waals surface area contributed by atoms with Gasteiger partial charge in [0.1, 0.15) is 18.3 Å². The van der Waals surface area contributed by atoms with Crippen LogP contribution in [0.3, 0.4) is 0 Å². The molecule has 218 valence electrons. The minimum absolute atomic E-state index is 0.0621. The van der Waals surface area contributed by atoms with Crippen molar-refractivity contribution in [2.24, 2.45) is 0 Å². The van der Waals surface area contributed by atoms with E-state index in [0.717, 1.165) is 41.1 Å². The lowest BCUT2D eigenvalue weighted by Crippen LogP contribution is -2.53. The fraction of sp³-hybridized carbons (Fsp3) is 0.375. The molecular formula is C32H39N3O5S. The average Bonchev–Trinajstić information content (AvgIpc) is 3.50. The Morgan fingerprint density at radius 3 is 2.32 bits per heavy atom. The van der Waals surface area contributed by atoms with Crippen LogP contribution in [0.1, 0.15) is 50.2 Å². The first-order valence-corrected chi connectivity index (χ1v) is 15.5. The zero-order valence-electron chi connectivity index (χ0n) is 24.0. The third-order valence-corrected chi connectivity index (χ3v) is 9.43.